The van der Waals surface area contributed by atoms with E-state index in [2.05, 4.69) is 210 Å². The lowest BCUT2D eigenvalue weighted by Gasteiger charge is -2.26. The van der Waals surface area contributed by atoms with Crippen molar-refractivity contribution in [3.63, 3.8) is 0 Å². The fourth-order valence-corrected chi connectivity index (χ4v) is 10.2. The van der Waals surface area contributed by atoms with Crippen LogP contribution < -0.4 is 0 Å². The Morgan fingerprint density at radius 2 is 0.589 bits per heavy atom. The van der Waals surface area contributed by atoms with Gasteiger partial charge in [-0.25, -0.2) is 0 Å². The summed E-state index contributed by atoms with van der Waals surface area (Å²) >= 11 is 0. The third kappa shape index (κ3) is 4.72. The van der Waals surface area contributed by atoms with E-state index in [1.165, 1.54) is 111 Å². The fraction of sp³-hybridized carbons (Fsp3) is 0.107. The second-order valence-corrected chi connectivity index (χ2v) is 16.9. The molecule has 0 N–H and O–H groups in total. The molecule has 0 unspecified atom stereocenters. The van der Waals surface area contributed by atoms with E-state index in [1.807, 2.05) is 0 Å². The lowest BCUT2D eigenvalue weighted by atomic mass is 9.77. The molecule has 9 aromatic rings. The highest BCUT2D eigenvalue weighted by Gasteiger charge is 2.38. The second-order valence-electron chi connectivity index (χ2n) is 16.9. The maximum absolute atomic E-state index is 2.56. The van der Waals surface area contributed by atoms with Gasteiger partial charge in [-0.2, -0.15) is 0 Å². The number of fused-ring (bicyclic) bond motifs is 8. The molecule has 0 fully saturated rings. The van der Waals surface area contributed by atoms with E-state index >= 15 is 0 Å². The van der Waals surface area contributed by atoms with Gasteiger partial charge in [0.1, 0.15) is 0 Å². The third-order valence-corrected chi connectivity index (χ3v) is 13.0. The number of hydrogen-bond donors (Lipinski definition) is 0. The van der Waals surface area contributed by atoms with Crippen LogP contribution in [0.1, 0.15) is 49.9 Å². The van der Waals surface area contributed by atoms with E-state index < -0.39 is 0 Å². The van der Waals surface area contributed by atoms with Crippen LogP contribution in [0.25, 0.3) is 88.3 Å². The summed E-state index contributed by atoms with van der Waals surface area (Å²) in [5, 5.41) is 5.19. The van der Waals surface area contributed by atoms with E-state index in [0.29, 0.717) is 0 Å². The largest absolute Gasteiger partial charge is 0.0622 e. The van der Waals surface area contributed by atoms with Crippen molar-refractivity contribution >= 4 is 21.5 Å². The molecule has 11 rings (SSSR count). The Balaban J connectivity index is 1.35. The Labute approximate surface area is 329 Å². The minimum Gasteiger partial charge on any atom is -0.0622 e. The van der Waals surface area contributed by atoms with Gasteiger partial charge in [0.25, 0.3) is 0 Å². The van der Waals surface area contributed by atoms with Gasteiger partial charge in [0.15, 0.2) is 0 Å². The van der Waals surface area contributed by atoms with Crippen LogP contribution in [0.5, 0.6) is 0 Å². The zero-order chi connectivity index (χ0) is 37.8. The highest BCUT2D eigenvalue weighted by molar-refractivity contribution is 6.23. The van der Waals surface area contributed by atoms with E-state index in [0.717, 1.165) is 0 Å². The molecule has 0 radical (unpaired) electrons. The molecule has 266 valence electrons. The SMILES string of the molecule is CC1(C)c2ccccc2-c2cc3c(-c4cc(-c5ccccc5)cc(-c5ccccc5)c4)c4cc5c(cc4c(-c4ccccc4)c3cc21)C(C)(C)c1ccccc1-5. The van der Waals surface area contributed by atoms with Gasteiger partial charge in [0.2, 0.25) is 0 Å². The molecule has 0 amide bonds. The van der Waals surface area contributed by atoms with Crippen molar-refractivity contribution in [2.24, 2.45) is 0 Å². The summed E-state index contributed by atoms with van der Waals surface area (Å²) in [6, 6.07) is 68.4. The minimum atomic E-state index is -0.127. The van der Waals surface area contributed by atoms with Crippen LogP contribution in [0.4, 0.5) is 0 Å². The molecule has 0 heterocycles. The fourth-order valence-electron chi connectivity index (χ4n) is 10.2. The first-order chi connectivity index (χ1) is 27.3. The van der Waals surface area contributed by atoms with E-state index in [4.69, 9.17) is 0 Å². The summed E-state index contributed by atoms with van der Waals surface area (Å²) < 4.78 is 0. The van der Waals surface area contributed by atoms with Crippen molar-refractivity contribution in [3.05, 3.63) is 204 Å². The first-order valence-electron chi connectivity index (χ1n) is 19.9. The Kier molecular flexibility index (Phi) is 7.05. The molecule has 0 saturated carbocycles. The van der Waals surface area contributed by atoms with Crippen LogP contribution in [-0.2, 0) is 10.8 Å². The molecular weight excluding hydrogens is 673 g/mol. The molecule has 0 saturated heterocycles. The lowest BCUT2D eigenvalue weighted by Crippen LogP contribution is -2.15. The summed E-state index contributed by atoms with van der Waals surface area (Å²) in [4.78, 5) is 0. The second kappa shape index (κ2) is 12.0. The van der Waals surface area contributed by atoms with Gasteiger partial charge in [0, 0.05) is 10.8 Å². The Morgan fingerprint density at radius 1 is 0.250 bits per heavy atom. The average molecular weight is 715 g/mol. The molecule has 2 aliphatic rings. The van der Waals surface area contributed by atoms with Crippen LogP contribution in [0.15, 0.2) is 182 Å². The molecule has 0 aromatic heterocycles. The highest BCUT2D eigenvalue weighted by Crippen LogP contribution is 2.56. The predicted molar refractivity (Wildman–Crippen MR) is 238 cm³/mol. The van der Waals surface area contributed by atoms with E-state index in [1.54, 1.807) is 0 Å². The van der Waals surface area contributed by atoms with Gasteiger partial charge < -0.3 is 0 Å². The molecule has 0 heteroatoms. The number of rotatable bonds is 4. The Hall–Kier alpha value is -6.50. The first-order valence-corrected chi connectivity index (χ1v) is 19.9. The van der Waals surface area contributed by atoms with Gasteiger partial charge in [-0.05, 0) is 153 Å². The summed E-state index contributed by atoms with van der Waals surface area (Å²) in [5.41, 5.74) is 20.6. The van der Waals surface area contributed by atoms with Gasteiger partial charge in [0.05, 0.1) is 0 Å². The van der Waals surface area contributed by atoms with Crippen molar-refractivity contribution in [3.8, 4) is 66.8 Å². The average Bonchev–Trinajstić information content (AvgIpc) is 3.60. The normalized spacial score (nSPS) is 14.4. The topological polar surface area (TPSA) is 0 Å². The Morgan fingerprint density at radius 3 is 1.04 bits per heavy atom. The third-order valence-electron chi connectivity index (χ3n) is 13.0. The van der Waals surface area contributed by atoms with Crippen molar-refractivity contribution in [2.45, 2.75) is 38.5 Å². The van der Waals surface area contributed by atoms with E-state index in [9.17, 15) is 0 Å². The summed E-state index contributed by atoms with van der Waals surface area (Å²) in [7, 11) is 0. The lowest BCUT2D eigenvalue weighted by molar-refractivity contribution is 0.661. The standard InChI is InChI=1S/C56H42/c1-55(2)49-26-16-14-24-41(49)43-31-45-47(33-51(43)55)53(37-22-12-7-13-23-37)48-34-52-44(42-25-15-17-27-50(42)56(52,3)4)32-46(48)54(45)40-29-38(35-18-8-5-9-19-35)28-39(30-40)36-20-10-6-11-21-36/h5-34H,1-4H3. The first kappa shape index (κ1) is 32.9. The molecular formula is C56H42. The monoisotopic (exact) mass is 714 g/mol. The van der Waals surface area contributed by atoms with Gasteiger partial charge in [-0.1, -0.05) is 167 Å². The van der Waals surface area contributed by atoms with E-state index in [-0.39, 0.29) is 10.8 Å². The van der Waals surface area contributed by atoms with Crippen LogP contribution in [0.3, 0.4) is 0 Å². The zero-order valence-corrected chi connectivity index (χ0v) is 32.3. The summed E-state index contributed by atoms with van der Waals surface area (Å²) in [6.07, 6.45) is 0. The van der Waals surface area contributed by atoms with Crippen LogP contribution >= 0.6 is 0 Å². The Bertz CT molecular complexity index is 2850. The van der Waals surface area contributed by atoms with Gasteiger partial charge >= 0.3 is 0 Å². The summed E-state index contributed by atoms with van der Waals surface area (Å²) in [6.45, 7) is 9.59. The van der Waals surface area contributed by atoms with Crippen LogP contribution in [0.2, 0.25) is 0 Å². The highest BCUT2D eigenvalue weighted by atomic mass is 14.4. The van der Waals surface area contributed by atoms with Crippen LogP contribution in [0, 0.1) is 0 Å². The summed E-state index contributed by atoms with van der Waals surface area (Å²) in [5.74, 6) is 0. The molecule has 0 nitrogen and oxygen atoms in total. The number of benzene rings is 9. The molecule has 2 aliphatic carbocycles. The van der Waals surface area contributed by atoms with Crippen molar-refractivity contribution < 1.29 is 0 Å². The molecule has 56 heavy (non-hydrogen) atoms. The van der Waals surface area contributed by atoms with Gasteiger partial charge in [-0.3, -0.25) is 0 Å². The zero-order valence-electron chi connectivity index (χ0n) is 32.3. The van der Waals surface area contributed by atoms with Crippen molar-refractivity contribution in [2.75, 3.05) is 0 Å². The maximum atomic E-state index is 2.56. The minimum absolute atomic E-state index is 0.127. The van der Waals surface area contributed by atoms with Crippen LogP contribution in [-0.4, -0.2) is 0 Å². The molecule has 0 bridgehead atoms. The molecule has 0 aliphatic heterocycles. The van der Waals surface area contributed by atoms with Crippen molar-refractivity contribution in [1.29, 1.82) is 0 Å². The molecule has 0 atom stereocenters. The quantitative estimate of drug-likeness (QED) is 0.159. The smallest absolute Gasteiger partial charge is 0.0159 e. The maximum Gasteiger partial charge on any atom is 0.0159 e. The van der Waals surface area contributed by atoms with Gasteiger partial charge in [-0.15, -0.1) is 0 Å². The predicted octanol–water partition coefficient (Wildman–Crippen LogP) is 15.3. The van der Waals surface area contributed by atoms with Crippen molar-refractivity contribution in [1.82, 2.24) is 0 Å². The molecule has 9 aromatic carbocycles. The molecule has 0 spiro atoms. The number of hydrogen-bond acceptors (Lipinski definition) is 0.